The average Bonchev–Trinajstić information content (AvgIpc) is 2.60. The van der Waals surface area contributed by atoms with Crippen molar-refractivity contribution in [3.05, 3.63) is 36.0 Å². The second-order valence-corrected chi connectivity index (χ2v) is 5.45. The first-order valence-electron chi connectivity index (χ1n) is 8.04. The van der Waals surface area contributed by atoms with Crippen LogP contribution in [0.25, 0.3) is 10.8 Å². The van der Waals surface area contributed by atoms with Crippen molar-refractivity contribution in [2.45, 2.75) is 20.3 Å². The maximum atomic E-state index is 12.3. The minimum atomic E-state index is -0.245. The van der Waals surface area contributed by atoms with Crippen LogP contribution in [0.2, 0.25) is 0 Å². The zero-order valence-corrected chi connectivity index (χ0v) is 14.3. The van der Waals surface area contributed by atoms with E-state index in [-0.39, 0.29) is 11.8 Å². The Morgan fingerprint density at radius 2 is 2.04 bits per heavy atom. The Bertz CT molecular complexity index is 731. The third-order valence-corrected chi connectivity index (χ3v) is 3.85. The van der Waals surface area contributed by atoms with E-state index in [9.17, 15) is 9.59 Å². The second kappa shape index (κ2) is 8.29. The molecule has 0 saturated carbocycles. The molecule has 0 aliphatic heterocycles. The minimum absolute atomic E-state index is 0.0461. The first-order chi connectivity index (χ1) is 11.6. The van der Waals surface area contributed by atoms with E-state index in [1.165, 1.54) is 7.11 Å². The quantitative estimate of drug-likeness (QED) is 0.791. The Morgan fingerprint density at radius 1 is 1.29 bits per heavy atom. The third kappa shape index (κ3) is 4.22. The van der Waals surface area contributed by atoms with Gasteiger partial charge in [-0.15, -0.1) is 0 Å². The van der Waals surface area contributed by atoms with Gasteiger partial charge in [0.05, 0.1) is 7.11 Å². The zero-order chi connectivity index (χ0) is 17.5. The summed E-state index contributed by atoms with van der Waals surface area (Å²) in [6.07, 6.45) is 0.698. The highest BCUT2D eigenvalue weighted by molar-refractivity contribution is 5.98. The molecule has 0 radical (unpaired) electrons. The van der Waals surface area contributed by atoms with E-state index >= 15 is 0 Å². The first-order valence-corrected chi connectivity index (χ1v) is 8.04. The first kappa shape index (κ1) is 17.7. The highest BCUT2D eigenvalue weighted by Gasteiger charge is 2.12. The number of nitrogens with zero attached hydrogens (tertiary/aromatic N) is 2. The number of carbonyl (C=O) groups is 2. The number of hydrogen-bond donors (Lipinski definition) is 1. The number of amides is 2. The second-order valence-electron chi connectivity index (χ2n) is 5.45. The molecule has 24 heavy (non-hydrogen) atoms. The molecule has 1 aromatic heterocycles. The van der Waals surface area contributed by atoms with Gasteiger partial charge in [-0.05, 0) is 30.9 Å². The Kier molecular flexibility index (Phi) is 6.12. The fourth-order valence-electron chi connectivity index (χ4n) is 2.54. The molecule has 0 bridgehead atoms. The van der Waals surface area contributed by atoms with Crippen molar-refractivity contribution in [2.24, 2.45) is 0 Å². The average molecular weight is 329 g/mol. The predicted molar refractivity (Wildman–Crippen MR) is 93.2 cm³/mol. The summed E-state index contributed by atoms with van der Waals surface area (Å²) in [6, 6.07) is 9.39. The lowest BCUT2D eigenvalue weighted by atomic mass is 10.1. The molecule has 128 valence electrons. The van der Waals surface area contributed by atoms with Crippen molar-refractivity contribution < 1.29 is 14.3 Å². The molecule has 0 aliphatic carbocycles. The molecule has 0 spiro atoms. The molecule has 1 aromatic carbocycles. The molecular formula is C18H23N3O3. The summed E-state index contributed by atoms with van der Waals surface area (Å²) < 4.78 is 5.28. The summed E-state index contributed by atoms with van der Waals surface area (Å²) in [6.45, 7) is 5.27. The zero-order valence-electron chi connectivity index (χ0n) is 14.3. The van der Waals surface area contributed by atoms with Crippen LogP contribution < -0.4 is 10.1 Å². The summed E-state index contributed by atoms with van der Waals surface area (Å²) in [4.78, 5) is 29.6. The molecule has 1 heterocycles. The molecule has 0 atom stereocenters. The Morgan fingerprint density at radius 3 is 2.71 bits per heavy atom. The number of ether oxygens (including phenoxy) is 1. The van der Waals surface area contributed by atoms with Gasteiger partial charge < -0.3 is 15.0 Å². The number of aromatic nitrogens is 1. The van der Waals surface area contributed by atoms with Gasteiger partial charge >= 0.3 is 0 Å². The third-order valence-electron chi connectivity index (χ3n) is 3.85. The number of benzene rings is 1. The summed E-state index contributed by atoms with van der Waals surface area (Å²) in [7, 11) is 1.54. The van der Waals surface area contributed by atoms with Crippen molar-refractivity contribution in [2.75, 3.05) is 26.7 Å². The molecular weight excluding hydrogens is 306 g/mol. The smallest absolute Gasteiger partial charge is 0.270 e. The molecule has 6 nitrogen and oxygen atoms in total. The fourth-order valence-corrected chi connectivity index (χ4v) is 2.54. The van der Waals surface area contributed by atoms with E-state index in [0.29, 0.717) is 37.6 Å². The lowest BCUT2D eigenvalue weighted by Crippen LogP contribution is -2.33. The number of carbonyl (C=O) groups excluding carboxylic acids is 2. The molecule has 6 heteroatoms. The van der Waals surface area contributed by atoms with Gasteiger partial charge in [0.15, 0.2) is 0 Å². The summed E-state index contributed by atoms with van der Waals surface area (Å²) in [5, 5.41) is 4.62. The Labute approximate surface area is 141 Å². The lowest BCUT2D eigenvalue weighted by Gasteiger charge is -2.18. The maximum Gasteiger partial charge on any atom is 0.270 e. The maximum absolute atomic E-state index is 12.3. The van der Waals surface area contributed by atoms with Crippen LogP contribution in [0, 0.1) is 0 Å². The number of nitrogens with one attached hydrogen (secondary N) is 1. The van der Waals surface area contributed by atoms with Crippen LogP contribution in [0.1, 0.15) is 30.8 Å². The lowest BCUT2D eigenvalue weighted by molar-refractivity contribution is -0.128. The molecule has 2 amide bonds. The Hall–Kier alpha value is -2.63. The van der Waals surface area contributed by atoms with Gasteiger partial charge in [0.2, 0.25) is 11.8 Å². The van der Waals surface area contributed by atoms with Crippen molar-refractivity contribution in [3.8, 4) is 5.88 Å². The molecule has 0 unspecified atom stereocenters. The number of methoxy groups -OCH3 is 1. The summed E-state index contributed by atoms with van der Waals surface area (Å²) in [5.74, 6) is 0.238. The highest BCUT2D eigenvalue weighted by atomic mass is 16.5. The van der Waals surface area contributed by atoms with Crippen LogP contribution >= 0.6 is 0 Å². The van der Waals surface area contributed by atoms with Crippen LogP contribution in [0.4, 0.5) is 0 Å². The van der Waals surface area contributed by atoms with Crippen LogP contribution in [0.3, 0.4) is 0 Å². The van der Waals surface area contributed by atoms with Gasteiger partial charge in [0.1, 0.15) is 5.69 Å². The topological polar surface area (TPSA) is 71.5 Å². The van der Waals surface area contributed by atoms with Crippen LogP contribution in [0.15, 0.2) is 30.3 Å². The number of hydrogen-bond acceptors (Lipinski definition) is 4. The van der Waals surface area contributed by atoms with E-state index in [2.05, 4.69) is 10.3 Å². The number of pyridine rings is 1. The van der Waals surface area contributed by atoms with E-state index < -0.39 is 0 Å². The van der Waals surface area contributed by atoms with Crippen molar-refractivity contribution >= 4 is 22.6 Å². The fraction of sp³-hybridized carbons (Fsp3) is 0.389. The number of fused-ring (bicyclic) bond motifs is 1. The SMILES string of the molecule is CCN(CCCNC(=O)c1cc2ccccc2c(OC)n1)C(C)=O. The van der Waals surface area contributed by atoms with Gasteiger partial charge in [0, 0.05) is 31.9 Å². The van der Waals surface area contributed by atoms with E-state index in [1.54, 1.807) is 17.9 Å². The normalized spacial score (nSPS) is 10.5. The van der Waals surface area contributed by atoms with Gasteiger partial charge in [-0.25, -0.2) is 4.98 Å². The van der Waals surface area contributed by atoms with Crippen LogP contribution in [-0.4, -0.2) is 48.4 Å². The van der Waals surface area contributed by atoms with Gasteiger partial charge in [-0.1, -0.05) is 18.2 Å². The molecule has 0 fully saturated rings. The summed E-state index contributed by atoms with van der Waals surface area (Å²) >= 11 is 0. The van der Waals surface area contributed by atoms with Gasteiger partial charge in [0.25, 0.3) is 5.91 Å². The van der Waals surface area contributed by atoms with Crippen LogP contribution in [-0.2, 0) is 4.79 Å². The van der Waals surface area contributed by atoms with E-state index in [4.69, 9.17) is 4.74 Å². The molecule has 2 rings (SSSR count). The molecule has 2 aromatic rings. The van der Waals surface area contributed by atoms with Crippen molar-refractivity contribution in [1.82, 2.24) is 15.2 Å². The Balaban J connectivity index is 2.00. The molecule has 0 aliphatic rings. The highest BCUT2D eigenvalue weighted by Crippen LogP contribution is 2.23. The molecule has 1 N–H and O–H groups in total. The van der Waals surface area contributed by atoms with Crippen LogP contribution in [0.5, 0.6) is 5.88 Å². The monoisotopic (exact) mass is 329 g/mol. The number of rotatable bonds is 7. The van der Waals surface area contributed by atoms with Crippen molar-refractivity contribution in [1.29, 1.82) is 0 Å². The minimum Gasteiger partial charge on any atom is -0.481 e. The molecule has 0 saturated heterocycles. The predicted octanol–water partition coefficient (Wildman–Crippen LogP) is 2.23. The largest absolute Gasteiger partial charge is 0.481 e. The van der Waals surface area contributed by atoms with Crippen molar-refractivity contribution in [3.63, 3.8) is 0 Å². The summed E-state index contributed by atoms with van der Waals surface area (Å²) in [5.41, 5.74) is 0.324. The van der Waals surface area contributed by atoms with E-state index in [0.717, 1.165) is 10.8 Å². The standard InChI is InChI=1S/C18H23N3O3/c1-4-21(13(2)22)11-7-10-19-17(23)16-12-14-8-5-6-9-15(14)18(20-16)24-3/h5-6,8-9,12H,4,7,10-11H2,1-3H3,(H,19,23). The van der Waals surface area contributed by atoms with Gasteiger partial charge in [-0.3, -0.25) is 9.59 Å². The van der Waals surface area contributed by atoms with E-state index in [1.807, 2.05) is 31.2 Å². The van der Waals surface area contributed by atoms with Gasteiger partial charge in [-0.2, -0.15) is 0 Å².